The first-order valence-electron chi connectivity index (χ1n) is 7.29. The summed E-state index contributed by atoms with van der Waals surface area (Å²) in [6.45, 7) is 1.69. The second-order valence-electron chi connectivity index (χ2n) is 5.72. The Bertz CT molecular complexity index is 517. The second-order valence-corrected chi connectivity index (χ2v) is 6.64. The molecule has 1 aromatic carbocycles. The van der Waals surface area contributed by atoms with Crippen LogP contribution in [0.2, 0.25) is 0 Å². The Morgan fingerprint density at radius 1 is 1.38 bits per heavy atom. The molecule has 1 aliphatic carbocycles. The van der Waals surface area contributed by atoms with Gasteiger partial charge < -0.3 is 4.74 Å². The Labute approximate surface area is 133 Å². The third-order valence-corrected chi connectivity index (χ3v) is 4.65. The summed E-state index contributed by atoms with van der Waals surface area (Å²) in [6, 6.07) is 4.84. The largest absolute Gasteiger partial charge is 0.467 e. The van der Waals surface area contributed by atoms with Crippen molar-refractivity contribution in [2.24, 2.45) is 0 Å². The SMILES string of the molecule is COC(=O)C(C)(NC1CCCCC1)c1cc(Br)ccc1F. The van der Waals surface area contributed by atoms with Crippen molar-refractivity contribution in [3.05, 3.63) is 34.1 Å². The minimum atomic E-state index is -1.18. The van der Waals surface area contributed by atoms with Gasteiger partial charge >= 0.3 is 5.97 Å². The standard InChI is InChI=1S/C16H21BrFNO2/c1-16(15(20)21-2,19-12-6-4-3-5-7-12)13-10-11(17)8-9-14(13)18/h8-10,12,19H,3-7H2,1-2H3. The van der Waals surface area contributed by atoms with Crippen LogP contribution in [0, 0.1) is 5.82 Å². The Kier molecular flexibility index (Phi) is 5.38. The maximum atomic E-state index is 14.2. The maximum Gasteiger partial charge on any atom is 0.330 e. The molecular weight excluding hydrogens is 337 g/mol. The average Bonchev–Trinajstić information content (AvgIpc) is 2.49. The highest BCUT2D eigenvalue weighted by molar-refractivity contribution is 9.10. The predicted octanol–water partition coefficient (Wildman–Crippen LogP) is 3.90. The second kappa shape index (κ2) is 6.88. The molecule has 0 saturated heterocycles. The van der Waals surface area contributed by atoms with Gasteiger partial charge in [0.1, 0.15) is 11.4 Å². The Balaban J connectivity index is 2.35. The molecule has 1 fully saturated rings. The highest BCUT2D eigenvalue weighted by Crippen LogP contribution is 2.30. The molecule has 1 aromatic rings. The molecule has 2 rings (SSSR count). The minimum Gasteiger partial charge on any atom is -0.467 e. The van der Waals surface area contributed by atoms with Gasteiger partial charge in [-0.05, 0) is 38.0 Å². The molecule has 116 valence electrons. The molecule has 21 heavy (non-hydrogen) atoms. The summed E-state index contributed by atoms with van der Waals surface area (Å²) in [7, 11) is 1.33. The van der Waals surface area contributed by atoms with E-state index in [1.807, 2.05) is 0 Å². The number of halogens is 2. The van der Waals surface area contributed by atoms with E-state index in [9.17, 15) is 9.18 Å². The normalized spacial score (nSPS) is 19.0. The number of carbonyl (C=O) groups excluding carboxylic acids is 1. The van der Waals surface area contributed by atoms with E-state index >= 15 is 0 Å². The number of benzene rings is 1. The Hall–Kier alpha value is -0.940. The number of nitrogens with one attached hydrogen (secondary N) is 1. The van der Waals surface area contributed by atoms with Gasteiger partial charge in [-0.25, -0.2) is 9.18 Å². The van der Waals surface area contributed by atoms with Crippen molar-refractivity contribution < 1.29 is 13.9 Å². The summed E-state index contributed by atoms with van der Waals surface area (Å²) < 4.78 is 19.9. The van der Waals surface area contributed by atoms with Crippen LogP contribution in [0.15, 0.2) is 22.7 Å². The van der Waals surface area contributed by atoms with Crippen molar-refractivity contribution in [3.63, 3.8) is 0 Å². The van der Waals surface area contributed by atoms with Gasteiger partial charge in [-0.15, -0.1) is 0 Å². The molecule has 0 spiro atoms. The molecule has 3 nitrogen and oxygen atoms in total. The van der Waals surface area contributed by atoms with Gasteiger partial charge in [0.05, 0.1) is 7.11 Å². The lowest BCUT2D eigenvalue weighted by atomic mass is 9.87. The minimum absolute atomic E-state index is 0.209. The van der Waals surface area contributed by atoms with Crippen LogP contribution in [0.4, 0.5) is 4.39 Å². The number of rotatable bonds is 4. The molecule has 1 unspecified atom stereocenters. The quantitative estimate of drug-likeness (QED) is 0.830. The van der Waals surface area contributed by atoms with E-state index in [0.717, 1.165) is 30.2 Å². The van der Waals surface area contributed by atoms with E-state index in [2.05, 4.69) is 21.2 Å². The van der Waals surface area contributed by atoms with Gasteiger partial charge in [0, 0.05) is 16.1 Å². The number of methoxy groups -OCH3 is 1. The third-order valence-electron chi connectivity index (χ3n) is 4.16. The lowest BCUT2D eigenvalue weighted by Crippen LogP contribution is -2.52. The molecule has 1 aliphatic rings. The zero-order valence-corrected chi connectivity index (χ0v) is 14.0. The van der Waals surface area contributed by atoms with Crippen molar-refractivity contribution in [1.82, 2.24) is 5.32 Å². The number of hydrogen-bond donors (Lipinski definition) is 1. The summed E-state index contributed by atoms with van der Waals surface area (Å²) in [5.41, 5.74) is -0.862. The van der Waals surface area contributed by atoms with E-state index < -0.39 is 17.3 Å². The molecule has 0 amide bonds. The monoisotopic (exact) mass is 357 g/mol. The van der Waals surface area contributed by atoms with Gasteiger partial charge in [-0.1, -0.05) is 35.2 Å². The first-order chi connectivity index (χ1) is 9.97. The van der Waals surface area contributed by atoms with Crippen molar-refractivity contribution in [3.8, 4) is 0 Å². The average molecular weight is 358 g/mol. The van der Waals surface area contributed by atoms with E-state index in [1.165, 1.54) is 19.6 Å². The van der Waals surface area contributed by atoms with Gasteiger partial charge in [0.25, 0.3) is 0 Å². The fourth-order valence-corrected chi connectivity index (χ4v) is 3.35. The van der Waals surface area contributed by atoms with Crippen molar-refractivity contribution in [2.75, 3.05) is 7.11 Å². The van der Waals surface area contributed by atoms with Crippen molar-refractivity contribution in [2.45, 2.75) is 50.6 Å². The van der Waals surface area contributed by atoms with E-state index in [0.29, 0.717) is 5.56 Å². The smallest absolute Gasteiger partial charge is 0.330 e. The van der Waals surface area contributed by atoms with E-state index in [1.54, 1.807) is 19.1 Å². The lowest BCUT2D eigenvalue weighted by molar-refractivity contribution is -0.149. The highest BCUT2D eigenvalue weighted by Gasteiger charge is 2.40. The number of carbonyl (C=O) groups is 1. The summed E-state index contributed by atoms with van der Waals surface area (Å²) in [4.78, 5) is 12.3. The fraction of sp³-hybridized carbons (Fsp3) is 0.562. The molecular formula is C16H21BrFNO2. The van der Waals surface area contributed by atoms with Crippen LogP contribution in [0.5, 0.6) is 0 Å². The van der Waals surface area contributed by atoms with Gasteiger partial charge in [0.2, 0.25) is 0 Å². The van der Waals surface area contributed by atoms with Crippen LogP contribution in [0.25, 0.3) is 0 Å². The lowest BCUT2D eigenvalue weighted by Gasteiger charge is -2.35. The molecule has 5 heteroatoms. The summed E-state index contributed by atoms with van der Waals surface area (Å²) in [5.74, 6) is -0.875. The van der Waals surface area contributed by atoms with Gasteiger partial charge in [-0.2, -0.15) is 0 Å². The molecule has 0 aliphatic heterocycles. The van der Waals surface area contributed by atoms with Crippen LogP contribution >= 0.6 is 15.9 Å². The number of hydrogen-bond acceptors (Lipinski definition) is 3. The highest BCUT2D eigenvalue weighted by atomic mass is 79.9. The summed E-state index contributed by atoms with van der Waals surface area (Å²) >= 11 is 3.34. The van der Waals surface area contributed by atoms with Gasteiger partial charge in [0.15, 0.2) is 0 Å². The number of esters is 1. The molecule has 0 aromatic heterocycles. The van der Waals surface area contributed by atoms with Crippen LogP contribution in [-0.2, 0) is 15.1 Å². The van der Waals surface area contributed by atoms with Crippen LogP contribution in [0.3, 0.4) is 0 Å². The Morgan fingerprint density at radius 3 is 2.67 bits per heavy atom. The van der Waals surface area contributed by atoms with Crippen LogP contribution in [-0.4, -0.2) is 19.1 Å². The summed E-state index contributed by atoms with van der Waals surface area (Å²) in [5, 5.41) is 3.33. The van der Waals surface area contributed by atoms with Crippen molar-refractivity contribution >= 4 is 21.9 Å². The van der Waals surface area contributed by atoms with Crippen LogP contribution < -0.4 is 5.32 Å². The molecule has 1 saturated carbocycles. The summed E-state index contributed by atoms with van der Waals surface area (Å²) in [6.07, 6.45) is 5.49. The molecule has 0 heterocycles. The first kappa shape index (κ1) is 16.4. The van der Waals surface area contributed by atoms with E-state index in [-0.39, 0.29) is 6.04 Å². The zero-order valence-electron chi connectivity index (χ0n) is 12.4. The molecule has 1 atom stereocenters. The van der Waals surface area contributed by atoms with Gasteiger partial charge in [-0.3, -0.25) is 5.32 Å². The Morgan fingerprint density at radius 2 is 2.05 bits per heavy atom. The molecule has 0 bridgehead atoms. The van der Waals surface area contributed by atoms with Crippen molar-refractivity contribution in [1.29, 1.82) is 0 Å². The zero-order chi connectivity index (χ0) is 15.5. The molecule has 1 N–H and O–H groups in total. The van der Waals surface area contributed by atoms with E-state index in [4.69, 9.17) is 4.74 Å². The van der Waals surface area contributed by atoms with Crippen LogP contribution in [0.1, 0.15) is 44.6 Å². The first-order valence-corrected chi connectivity index (χ1v) is 8.08. The maximum absolute atomic E-state index is 14.2. The topological polar surface area (TPSA) is 38.3 Å². The number of ether oxygens (including phenoxy) is 1. The molecule has 0 radical (unpaired) electrons. The third kappa shape index (κ3) is 3.64. The fourth-order valence-electron chi connectivity index (χ4n) is 2.99. The predicted molar refractivity (Wildman–Crippen MR) is 83.5 cm³/mol.